The van der Waals surface area contributed by atoms with Crippen molar-refractivity contribution in [2.45, 2.75) is 0 Å². The van der Waals surface area contributed by atoms with Gasteiger partial charge in [0.2, 0.25) is 0 Å². The quantitative estimate of drug-likeness (QED) is 0.431. The fourth-order valence-electron chi connectivity index (χ4n) is 1.18. The summed E-state index contributed by atoms with van der Waals surface area (Å²) in [6.45, 7) is 0. The minimum atomic E-state index is 0. The van der Waals surface area contributed by atoms with Crippen LogP contribution < -0.4 is 29.6 Å². The second-order valence-electron chi connectivity index (χ2n) is 2.52. The van der Waals surface area contributed by atoms with E-state index in [9.17, 15) is 5.21 Å². The van der Waals surface area contributed by atoms with E-state index in [-0.39, 0.29) is 29.6 Å². The molecule has 0 aliphatic rings. The molecule has 0 saturated heterocycles. The Hall–Kier alpha value is -0.350. The third-order valence-electron chi connectivity index (χ3n) is 1.77. The molecule has 0 radical (unpaired) electrons. The van der Waals surface area contributed by atoms with Gasteiger partial charge in [0, 0.05) is 21.6 Å². The van der Waals surface area contributed by atoms with Gasteiger partial charge in [0.05, 0.1) is 0 Å². The molecule has 0 fully saturated rings. The van der Waals surface area contributed by atoms with Crippen molar-refractivity contribution < 1.29 is 29.6 Å². The molecule has 4 heteroatoms. The number of pyridine rings is 1. The first kappa shape index (κ1) is 10.7. The zero-order valence-electron chi connectivity index (χ0n) is 7.23. The largest absolute Gasteiger partial charge is 1.00 e. The number of benzene rings is 1. The zero-order chi connectivity index (χ0) is 8.55. The summed E-state index contributed by atoms with van der Waals surface area (Å²) in [6, 6.07) is 8.96. The Bertz CT molecular complexity index is 480. The molecule has 1 aromatic carbocycles. The molecule has 0 aliphatic carbocycles. The number of aromatic nitrogens is 1. The van der Waals surface area contributed by atoms with Crippen LogP contribution in [-0.4, -0.2) is 4.73 Å². The normalized spacial score (nSPS) is 9.54. The van der Waals surface area contributed by atoms with Crippen LogP contribution in [0.25, 0.3) is 10.9 Å². The van der Waals surface area contributed by atoms with Gasteiger partial charge in [-0.3, -0.25) is 0 Å². The summed E-state index contributed by atoms with van der Waals surface area (Å²) in [5, 5.41) is 12.0. The van der Waals surface area contributed by atoms with Crippen molar-refractivity contribution >= 4 is 23.1 Å². The molecule has 1 heterocycles. The van der Waals surface area contributed by atoms with E-state index in [4.69, 9.17) is 12.2 Å². The molecular weight excluding hydrogens is 193 g/mol. The molecule has 13 heavy (non-hydrogen) atoms. The Labute approximate surface area is 103 Å². The fourth-order valence-corrected chi connectivity index (χ4v) is 1.41. The number of hydrogen-bond donors (Lipinski definition) is 0. The van der Waals surface area contributed by atoms with Crippen molar-refractivity contribution in [3.63, 3.8) is 0 Å². The summed E-state index contributed by atoms with van der Waals surface area (Å²) in [6.07, 6.45) is 1.44. The number of para-hydroxylation sites is 1. The van der Waals surface area contributed by atoms with E-state index in [2.05, 4.69) is 0 Å². The first-order valence-electron chi connectivity index (χ1n) is 3.57. The van der Waals surface area contributed by atoms with E-state index in [1.54, 1.807) is 12.1 Å². The Kier molecular flexibility index (Phi) is 3.50. The van der Waals surface area contributed by atoms with Crippen molar-refractivity contribution in [2.75, 3.05) is 0 Å². The maximum absolute atomic E-state index is 11.2. The number of hydrogen-bond acceptors (Lipinski definition) is 2. The summed E-state index contributed by atoms with van der Waals surface area (Å²) in [5.41, 5.74) is 0.630. The van der Waals surface area contributed by atoms with Crippen molar-refractivity contribution in [3.8, 4) is 0 Å². The van der Waals surface area contributed by atoms with Crippen LogP contribution in [0.15, 0.2) is 36.5 Å². The van der Waals surface area contributed by atoms with E-state index >= 15 is 0 Å². The van der Waals surface area contributed by atoms with Crippen LogP contribution >= 0.6 is 12.2 Å². The Balaban J connectivity index is 0.000000845. The van der Waals surface area contributed by atoms with Crippen LogP contribution in [0.1, 0.15) is 0 Å². The van der Waals surface area contributed by atoms with Gasteiger partial charge in [-0.25, -0.2) is 0 Å². The molecule has 1 aromatic heterocycles. The summed E-state index contributed by atoms with van der Waals surface area (Å²) in [7, 11) is 0. The average molecular weight is 199 g/mol. The van der Waals surface area contributed by atoms with Gasteiger partial charge >= 0.3 is 29.6 Å². The molecule has 0 unspecified atom stereocenters. The van der Waals surface area contributed by atoms with Crippen molar-refractivity contribution in [1.29, 1.82) is 0 Å². The van der Waals surface area contributed by atoms with Gasteiger partial charge in [-0.05, 0) is 12.1 Å². The molecule has 0 aliphatic heterocycles. The monoisotopic (exact) mass is 199 g/mol. The van der Waals surface area contributed by atoms with E-state index in [1.165, 1.54) is 6.20 Å². The smallest absolute Gasteiger partial charge is 0.806 e. The molecule has 0 atom stereocenters. The van der Waals surface area contributed by atoms with Gasteiger partial charge in [-0.1, -0.05) is 30.4 Å². The van der Waals surface area contributed by atoms with Gasteiger partial charge in [-0.2, -0.15) is 0 Å². The molecule has 0 N–H and O–H groups in total. The van der Waals surface area contributed by atoms with Gasteiger partial charge in [0.15, 0.2) is 0 Å². The van der Waals surface area contributed by atoms with Crippen molar-refractivity contribution in [2.24, 2.45) is 0 Å². The predicted molar refractivity (Wildman–Crippen MR) is 51.5 cm³/mol. The Morgan fingerprint density at radius 2 is 1.85 bits per heavy atom. The van der Waals surface area contributed by atoms with E-state index < -0.39 is 0 Å². The van der Waals surface area contributed by atoms with E-state index in [1.807, 2.05) is 18.2 Å². The minimum Gasteiger partial charge on any atom is -0.806 e. The van der Waals surface area contributed by atoms with Gasteiger partial charge in [-0.15, -0.1) is 0 Å². The summed E-state index contributed by atoms with van der Waals surface area (Å²) < 4.78 is 1.54. The van der Waals surface area contributed by atoms with Gasteiger partial charge < -0.3 is 9.94 Å². The van der Waals surface area contributed by atoms with Crippen molar-refractivity contribution in [3.05, 3.63) is 46.2 Å². The van der Waals surface area contributed by atoms with Crippen molar-refractivity contribution in [1.82, 2.24) is 4.73 Å². The maximum atomic E-state index is 11.2. The molecular formula is C9H6NNaOS. The average Bonchev–Trinajstić information content (AvgIpc) is 2.12. The Morgan fingerprint density at radius 1 is 1.15 bits per heavy atom. The standard InChI is InChI=1S/C9H6NOS.Na/c11-10-6-5-9(12)7-3-1-2-4-8(7)10;/h1-6H;/q-1;+1. The molecule has 0 saturated carbocycles. The van der Waals surface area contributed by atoms with Crippen LogP contribution in [0, 0.1) is 9.72 Å². The molecule has 2 rings (SSSR count). The minimum absolute atomic E-state index is 0. The maximum Gasteiger partial charge on any atom is 1.00 e. The first-order valence-corrected chi connectivity index (χ1v) is 3.98. The van der Waals surface area contributed by atoms with Crippen LogP contribution in [0.2, 0.25) is 0 Å². The summed E-state index contributed by atoms with van der Waals surface area (Å²) in [5.74, 6) is 0. The van der Waals surface area contributed by atoms with Crippen LogP contribution in [0.4, 0.5) is 0 Å². The number of nitrogens with zero attached hydrogens (tertiary/aromatic N) is 1. The molecule has 60 valence electrons. The predicted octanol–water partition coefficient (Wildman–Crippen LogP) is -0.279. The SMILES string of the molecule is [Na+].[O-]n1ccc(=S)c2ccccc21. The summed E-state index contributed by atoms with van der Waals surface area (Å²) >= 11 is 5.06. The number of rotatable bonds is 0. The molecule has 0 spiro atoms. The van der Waals surface area contributed by atoms with Crippen LogP contribution in [-0.2, 0) is 0 Å². The van der Waals surface area contributed by atoms with Gasteiger partial charge in [0.25, 0.3) is 0 Å². The fraction of sp³-hybridized carbons (Fsp3) is 0. The third-order valence-corrected chi connectivity index (χ3v) is 2.12. The molecule has 2 aromatic rings. The zero-order valence-corrected chi connectivity index (χ0v) is 10.0. The molecule has 2 nitrogen and oxygen atoms in total. The van der Waals surface area contributed by atoms with Crippen LogP contribution in [0.5, 0.6) is 0 Å². The molecule has 0 bridgehead atoms. The Morgan fingerprint density at radius 3 is 2.54 bits per heavy atom. The number of fused-ring (bicyclic) bond motifs is 1. The topological polar surface area (TPSA) is 28.0 Å². The second-order valence-corrected chi connectivity index (χ2v) is 2.96. The summed E-state index contributed by atoms with van der Waals surface area (Å²) in [4.78, 5) is 0. The van der Waals surface area contributed by atoms with E-state index in [0.29, 0.717) is 5.52 Å². The second kappa shape index (κ2) is 4.24. The first-order chi connectivity index (χ1) is 5.79. The third kappa shape index (κ3) is 1.94. The van der Waals surface area contributed by atoms with E-state index in [0.717, 1.165) is 14.6 Å². The molecule has 0 amide bonds. The van der Waals surface area contributed by atoms with Gasteiger partial charge in [0.1, 0.15) is 0 Å². The van der Waals surface area contributed by atoms with Crippen LogP contribution in [0.3, 0.4) is 0 Å².